The quantitative estimate of drug-likeness (QED) is 0.645. The Hall–Kier alpha value is -3.12. The van der Waals surface area contributed by atoms with Crippen molar-refractivity contribution in [2.75, 3.05) is 31.1 Å². The lowest BCUT2D eigenvalue weighted by atomic mass is 10.1. The highest BCUT2D eigenvalue weighted by Gasteiger charge is 2.20. The van der Waals surface area contributed by atoms with Crippen LogP contribution in [-0.4, -0.2) is 37.0 Å². The zero-order valence-corrected chi connectivity index (χ0v) is 18.0. The molecule has 1 amide bonds. The second-order valence-corrected chi connectivity index (χ2v) is 8.06. The maximum atomic E-state index is 13.0. The smallest absolute Gasteiger partial charge is 0.287 e. The van der Waals surface area contributed by atoms with Crippen molar-refractivity contribution in [2.45, 2.75) is 26.9 Å². The molecule has 0 bridgehead atoms. The molecular weight excluding hydrogens is 393 g/mol. The average molecular weight is 422 g/mol. The third-order valence-electron chi connectivity index (χ3n) is 5.92. The Morgan fingerprint density at radius 1 is 1.00 bits per heavy atom. The summed E-state index contributed by atoms with van der Waals surface area (Å²) >= 11 is 0. The van der Waals surface area contributed by atoms with Crippen LogP contribution in [0.15, 0.2) is 59.0 Å². The van der Waals surface area contributed by atoms with Crippen molar-refractivity contribution >= 4 is 11.6 Å². The topological polar surface area (TPSA) is 48.7 Å². The Morgan fingerprint density at radius 3 is 2.48 bits per heavy atom. The van der Waals surface area contributed by atoms with Crippen LogP contribution in [0.25, 0.3) is 0 Å². The Kier molecular flexibility index (Phi) is 6.37. The van der Waals surface area contributed by atoms with Gasteiger partial charge in [-0.25, -0.2) is 4.39 Å². The zero-order chi connectivity index (χ0) is 21.8. The molecule has 31 heavy (non-hydrogen) atoms. The van der Waals surface area contributed by atoms with Gasteiger partial charge >= 0.3 is 0 Å². The second kappa shape index (κ2) is 9.35. The van der Waals surface area contributed by atoms with E-state index in [9.17, 15) is 9.18 Å². The van der Waals surface area contributed by atoms with Gasteiger partial charge in [-0.05, 0) is 60.9 Å². The summed E-state index contributed by atoms with van der Waals surface area (Å²) in [4.78, 5) is 17.1. The number of carbonyl (C=O) groups excluding carboxylic acids is 1. The number of benzene rings is 2. The molecule has 1 fully saturated rings. The molecule has 0 spiro atoms. The fourth-order valence-corrected chi connectivity index (χ4v) is 3.90. The molecule has 4 rings (SSSR count). The fourth-order valence-electron chi connectivity index (χ4n) is 3.90. The van der Waals surface area contributed by atoms with E-state index in [1.54, 1.807) is 18.2 Å². The minimum atomic E-state index is -0.291. The van der Waals surface area contributed by atoms with E-state index >= 15 is 0 Å². The number of hydrogen-bond acceptors (Lipinski definition) is 4. The standard InChI is InChI=1S/C25H28FN3O2/c1-18-4-3-5-23(19(18)2)29-14-12-28(13-15-29)17-22-10-11-24(31-22)25(30)27-16-20-6-8-21(26)9-7-20/h3-11H,12-17H2,1-2H3,(H,27,30). The molecule has 162 valence electrons. The van der Waals surface area contributed by atoms with Gasteiger partial charge in [0, 0.05) is 38.4 Å². The predicted octanol–water partition coefficient (Wildman–Crippen LogP) is 4.29. The van der Waals surface area contributed by atoms with Crippen molar-refractivity contribution < 1.29 is 13.6 Å². The lowest BCUT2D eigenvalue weighted by molar-refractivity contribution is 0.0919. The summed E-state index contributed by atoms with van der Waals surface area (Å²) in [5.74, 6) is 0.522. The maximum Gasteiger partial charge on any atom is 0.287 e. The van der Waals surface area contributed by atoms with Crippen molar-refractivity contribution in [1.29, 1.82) is 0 Å². The van der Waals surface area contributed by atoms with Crippen LogP contribution < -0.4 is 10.2 Å². The normalized spacial score (nSPS) is 14.6. The highest BCUT2D eigenvalue weighted by Crippen LogP contribution is 2.24. The van der Waals surface area contributed by atoms with Crippen LogP contribution in [0.4, 0.5) is 10.1 Å². The van der Waals surface area contributed by atoms with Crippen LogP contribution in [0.2, 0.25) is 0 Å². The van der Waals surface area contributed by atoms with Gasteiger partial charge < -0.3 is 14.6 Å². The van der Waals surface area contributed by atoms with E-state index in [4.69, 9.17) is 4.42 Å². The number of nitrogens with one attached hydrogen (secondary N) is 1. The summed E-state index contributed by atoms with van der Waals surface area (Å²) in [5.41, 5.74) is 4.82. The molecule has 0 radical (unpaired) electrons. The zero-order valence-electron chi connectivity index (χ0n) is 18.0. The van der Waals surface area contributed by atoms with Crippen LogP contribution in [0.3, 0.4) is 0 Å². The molecule has 2 heterocycles. The molecule has 6 heteroatoms. The molecule has 1 saturated heterocycles. The van der Waals surface area contributed by atoms with E-state index in [0.29, 0.717) is 18.8 Å². The van der Waals surface area contributed by atoms with Crippen molar-refractivity contribution in [3.05, 3.63) is 88.6 Å². The second-order valence-electron chi connectivity index (χ2n) is 8.06. The van der Waals surface area contributed by atoms with Gasteiger partial charge in [0.1, 0.15) is 11.6 Å². The number of amides is 1. The first kappa shape index (κ1) is 21.1. The highest BCUT2D eigenvalue weighted by atomic mass is 19.1. The molecule has 0 atom stereocenters. The summed E-state index contributed by atoms with van der Waals surface area (Å²) in [7, 11) is 0. The first-order valence-corrected chi connectivity index (χ1v) is 10.6. The summed E-state index contributed by atoms with van der Waals surface area (Å²) in [6.45, 7) is 9.18. The first-order chi connectivity index (χ1) is 15.0. The minimum Gasteiger partial charge on any atom is -0.455 e. The first-order valence-electron chi connectivity index (χ1n) is 10.6. The molecule has 1 aliphatic rings. The highest BCUT2D eigenvalue weighted by molar-refractivity contribution is 5.91. The summed E-state index contributed by atoms with van der Waals surface area (Å²) in [6.07, 6.45) is 0. The third-order valence-corrected chi connectivity index (χ3v) is 5.92. The van der Waals surface area contributed by atoms with Crippen molar-refractivity contribution in [3.8, 4) is 0 Å². The number of piperazine rings is 1. The number of furan rings is 1. The maximum absolute atomic E-state index is 13.0. The predicted molar refractivity (Wildman–Crippen MR) is 120 cm³/mol. The number of anilines is 1. The Labute approximate surface area is 182 Å². The molecule has 3 aromatic rings. The fraction of sp³-hybridized carbons (Fsp3) is 0.320. The van der Waals surface area contributed by atoms with E-state index < -0.39 is 0 Å². The van der Waals surface area contributed by atoms with E-state index in [1.165, 1.54) is 28.9 Å². The molecule has 0 aliphatic carbocycles. The molecule has 0 saturated carbocycles. The molecular formula is C25H28FN3O2. The lowest BCUT2D eigenvalue weighted by Gasteiger charge is -2.36. The van der Waals surface area contributed by atoms with Crippen molar-refractivity contribution in [3.63, 3.8) is 0 Å². The van der Waals surface area contributed by atoms with E-state index in [-0.39, 0.29) is 11.7 Å². The monoisotopic (exact) mass is 421 g/mol. The largest absolute Gasteiger partial charge is 0.455 e. The third kappa shape index (κ3) is 5.14. The number of carbonyl (C=O) groups is 1. The van der Waals surface area contributed by atoms with Crippen molar-refractivity contribution in [2.24, 2.45) is 0 Å². The number of halogens is 1. The number of aryl methyl sites for hydroxylation is 1. The molecule has 0 unspecified atom stereocenters. The number of hydrogen-bond donors (Lipinski definition) is 1. The van der Waals surface area contributed by atoms with Crippen LogP contribution in [-0.2, 0) is 13.1 Å². The number of rotatable bonds is 6. The Morgan fingerprint density at radius 2 is 1.74 bits per heavy atom. The van der Waals surface area contributed by atoms with E-state index in [1.807, 2.05) is 6.07 Å². The van der Waals surface area contributed by atoms with Gasteiger partial charge in [0.15, 0.2) is 5.76 Å². The van der Waals surface area contributed by atoms with Crippen molar-refractivity contribution in [1.82, 2.24) is 10.2 Å². The molecule has 1 N–H and O–H groups in total. The van der Waals surface area contributed by atoms with Crippen LogP contribution in [0.1, 0.15) is 33.0 Å². The van der Waals surface area contributed by atoms with Gasteiger partial charge in [-0.1, -0.05) is 24.3 Å². The van der Waals surface area contributed by atoms with Gasteiger partial charge in [0.25, 0.3) is 5.91 Å². The van der Waals surface area contributed by atoms with Gasteiger partial charge in [0.2, 0.25) is 0 Å². The average Bonchev–Trinajstić information content (AvgIpc) is 3.24. The van der Waals surface area contributed by atoms with Crippen LogP contribution >= 0.6 is 0 Å². The van der Waals surface area contributed by atoms with E-state index in [2.05, 4.69) is 47.2 Å². The lowest BCUT2D eigenvalue weighted by Crippen LogP contribution is -2.46. The van der Waals surface area contributed by atoms with Gasteiger partial charge in [-0.2, -0.15) is 0 Å². The molecule has 1 aliphatic heterocycles. The van der Waals surface area contributed by atoms with Gasteiger partial charge in [0.05, 0.1) is 6.54 Å². The molecule has 1 aromatic heterocycles. The summed E-state index contributed by atoms with van der Waals surface area (Å²) in [6, 6.07) is 16.1. The van der Waals surface area contributed by atoms with E-state index in [0.717, 1.165) is 37.5 Å². The van der Waals surface area contributed by atoms with Crippen LogP contribution in [0.5, 0.6) is 0 Å². The molecule has 2 aromatic carbocycles. The summed E-state index contributed by atoms with van der Waals surface area (Å²) in [5, 5.41) is 2.81. The Balaban J connectivity index is 1.28. The van der Waals surface area contributed by atoms with Crippen LogP contribution in [0, 0.1) is 19.7 Å². The Bertz CT molecular complexity index is 1040. The summed E-state index contributed by atoms with van der Waals surface area (Å²) < 4.78 is 18.8. The molecule has 5 nitrogen and oxygen atoms in total. The number of nitrogens with zero attached hydrogens (tertiary/aromatic N) is 2. The SMILES string of the molecule is Cc1cccc(N2CCN(Cc3ccc(C(=O)NCc4ccc(F)cc4)o3)CC2)c1C. The van der Waals surface area contributed by atoms with Gasteiger partial charge in [-0.3, -0.25) is 9.69 Å². The minimum absolute atomic E-state index is 0.268. The van der Waals surface area contributed by atoms with Gasteiger partial charge in [-0.15, -0.1) is 0 Å².